The molecule has 0 saturated carbocycles. The van der Waals surface area contributed by atoms with E-state index in [4.69, 9.17) is 9.47 Å². The molecule has 1 rings (SSSR count). The summed E-state index contributed by atoms with van der Waals surface area (Å²) < 4.78 is 10.3. The zero-order valence-corrected chi connectivity index (χ0v) is 17.6. The number of carboxylic acid groups (broad SMARTS) is 1. The van der Waals surface area contributed by atoms with Crippen molar-refractivity contribution in [3.8, 4) is 0 Å². The lowest BCUT2D eigenvalue weighted by Crippen LogP contribution is -2.47. The van der Waals surface area contributed by atoms with E-state index in [1.807, 2.05) is 0 Å². The molecule has 1 aliphatic rings. The Bertz CT molecular complexity index is 622. The molecule has 10 nitrogen and oxygen atoms in total. The van der Waals surface area contributed by atoms with Crippen LogP contribution in [0.5, 0.6) is 0 Å². The zero-order chi connectivity index (χ0) is 21.9. The molecule has 1 aliphatic heterocycles. The second-order valence-corrected chi connectivity index (χ2v) is 8.82. The van der Waals surface area contributed by atoms with Crippen molar-refractivity contribution in [2.45, 2.75) is 71.2 Å². The molecule has 1 fully saturated rings. The molecule has 0 aliphatic carbocycles. The van der Waals surface area contributed by atoms with Gasteiger partial charge in [0.05, 0.1) is 6.04 Å². The number of nitrogens with one attached hydrogen (secondary N) is 1. The van der Waals surface area contributed by atoms with E-state index in [9.17, 15) is 24.3 Å². The largest absolute Gasteiger partial charge is 0.480 e. The number of likely N-dealkylation sites (tertiary alicyclic amines) is 1. The Kier molecular flexibility index (Phi) is 7.27. The first-order chi connectivity index (χ1) is 12.6. The van der Waals surface area contributed by atoms with Crippen LogP contribution in [0.15, 0.2) is 0 Å². The Labute approximate surface area is 165 Å². The number of carbonyl (C=O) groups excluding carboxylic acids is 3. The lowest BCUT2D eigenvalue weighted by atomic mass is 10.1. The van der Waals surface area contributed by atoms with E-state index in [2.05, 4.69) is 5.32 Å². The van der Waals surface area contributed by atoms with Crippen LogP contribution >= 0.6 is 0 Å². The number of amides is 3. The van der Waals surface area contributed by atoms with Crippen molar-refractivity contribution in [1.29, 1.82) is 0 Å². The van der Waals surface area contributed by atoms with Crippen molar-refractivity contribution >= 4 is 24.1 Å². The number of ether oxygens (including phenoxy) is 2. The van der Waals surface area contributed by atoms with Crippen molar-refractivity contribution in [3.05, 3.63) is 0 Å². The Morgan fingerprint density at radius 3 is 2.07 bits per heavy atom. The summed E-state index contributed by atoms with van der Waals surface area (Å²) in [6, 6.07) is -1.66. The predicted molar refractivity (Wildman–Crippen MR) is 99.8 cm³/mol. The molecule has 0 aromatic heterocycles. The highest BCUT2D eigenvalue weighted by atomic mass is 16.6. The second-order valence-electron chi connectivity index (χ2n) is 8.82. The highest BCUT2D eigenvalue weighted by Gasteiger charge is 2.41. The van der Waals surface area contributed by atoms with Gasteiger partial charge in [-0.3, -0.25) is 4.79 Å². The highest BCUT2D eigenvalue weighted by molar-refractivity contribution is 5.87. The maximum atomic E-state index is 12.6. The van der Waals surface area contributed by atoms with Crippen LogP contribution in [-0.4, -0.2) is 82.4 Å². The van der Waals surface area contributed by atoms with E-state index in [0.717, 1.165) is 9.80 Å². The first-order valence-corrected chi connectivity index (χ1v) is 9.05. The quantitative estimate of drug-likeness (QED) is 0.730. The van der Waals surface area contributed by atoms with Gasteiger partial charge in [0.1, 0.15) is 23.8 Å². The summed E-state index contributed by atoms with van der Waals surface area (Å²) in [5, 5.41) is 12.0. The molecular formula is C18H31N3O7. The monoisotopic (exact) mass is 401 g/mol. The lowest BCUT2D eigenvalue weighted by Gasteiger charge is -2.27. The van der Waals surface area contributed by atoms with E-state index in [0.29, 0.717) is 0 Å². The van der Waals surface area contributed by atoms with Gasteiger partial charge in [0.15, 0.2) is 0 Å². The summed E-state index contributed by atoms with van der Waals surface area (Å²) in [5.41, 5.74) is -1.41. The van der Waals surface area contributed by atoms with E-state index >= 15 is 0 Å². The molecule has 3 amide bonds. The van der Waals surface area contributed by atoms with Gasteiger partial charge in [0, 0.05) is 20.0 Å². The molecule has 1 saturated heterocycles. The Balaban J connectivity index is 2.73. The summed E-state index contributed by atoms with van der Waals surface area (Å²) >= 11 is 0. The summed E-state index contributed by atoms with van der Waals surface area (Å²) in [6.07, 6.45) is -1.31. The third-order valence-corrected chi connectivity index (χ3v) is 3.70. The van der Waals surface area contributed by atoms with Crippen LogP contribution in [-0.2, 0) is 19.1 Å². The topological polar surface area (TPSA) is 125 Å². The number of aliphatic carboxylic acids is 1. The summed E-state index contributed by atoms with van der Waals surface area (Å²) in [7, 11) is 1.40. The van der Waals surface area contributed by atoms with Crippen LogP contribution in [0.2, 0.25) is 0 Å². The van der Waals surface area contributed by atoms with E-state index in [1.165, 1.54) is 7.05 Å². The lowest BCUT2D eigenvalue weighted by molar-refractivity contribution is -0.148. The van der Waals surface area contributed by atoms with E-state index in [1.54, 1.807) is 41.5 Å². The molecule has 0 aromatic carbocycles. The van der Waals surface area contributed by atoms with Crippen molar-refractivity contribution in [3.63, 3.8) is 0 Å². The standard InChI is InChI=1S/C18H31N3O7/c1-17(2,3)27-15(25)19-11-8-12(14(23)24)21(9-11)13(22)10-20(7)16(26)28-18(4,5)6/h11-12H,8-10H2,1-7H3,(H,19,25)(H,23,24)/t11-,12+/m1/s1. The molecule has 0 bridgehead atoms. The van der Waals surface area contributed by atoms with Crippen LogP contribution in [0.3, 0.4) is 0 Å². The number of hydrogen-bond donors (Lipinski definition) is 2. The van der Waals surface area contributed by atoms with Crippen LogP contribution in [0.1, 0.15) is 48.0 Å². The van der Waals surface area contributed by atoms with E-state index < -0.39 is 47.3 Å². The van der Waals surface area contributed by atoms with Crippen LogP contribution in [0.4, 0.5) is 9.59 Å². The molecule has 0 aromatic rings. The summed E-state index contributed by atoms with van der Waals surface area (Å²) in [5.74, 6) is -1.73. The Hall–Kier alpha value is -2.52. The number of nitrogens with zero attached hydrogens (tertiary/aromatic N) is 2. The minimum absolute atomic E-state index is 0.0111. The molecule has 1 heterocycles. The average Bonchev–Trinajstić information content (AvgIpc) is 2.87. The van der Waals surface area contributed by atoms with Gasteiger partial charge in [-0.05, 0) is 41.5 Å². The first kappa shape index (κ1) is 23.5. The van der Waals surface area contributed by atoms with Crippen LogP contribution in [0.25, 0.3) is 0 Å². The predicted octanol–water partition coefficient (Wildman–Crippen LogP) is 1.43. The number of alkyl carbamates (subject to hydrolysis) is 1. The molecule has 0 radical (unpaired) electrons. The molecule has 28 heavy (non-hydrogen) atoms. The van der Waals surface area contributed by atoms with Gasteiger partial charge < -0.3 is 29.7 Å². The fraction of sp³-hybridized carbons (Fsp3) is 0.778. The molecule has 0 spiro atoms. The minimum Gasteiger partial charge on any atom is -0.480 e. The van der Waals surface area contributed by atoms with Gasteiger partial charge in [0.25, 0.3) is 0 Å². The average molecular weight is 401 g/mol. The first-order valence-electron chi connectivity index (χ1n) is 9.05. The van der Waals surface area contributed by atoms with Crippen molar-refractivity contribution in [2.24, 2.45) is 0 Å². The summed E-state index contributed by atoms with van der Waals surface area (Å²) in [6.45, 7) is 9.92. The van der Waals surface area contributed by atoms with Gasteiger partial charge in [-0.15, -0.1) is 0 Å². The zero-order valence-electron chi connectivity index (χ0n) is 17.6. The molecular weight excluding hydrogens is 370 g/mol. The molecule has 2 N–H and O–H groups in total. The van der Waals surface area contributed by atoms with Crippen LogP contribution < -0.4 is 5.32 Å². The second kappa shape index (κ2) is 8.66. The SMILES string of the molecule is CN(CC(=O)N1C[C@H](NC(=O)OC(C)(C)C)C[C@H]1C(=O)O)C(=O)OC(C)(C)C. The van der Waals surface area contributed by atoms with Crippen molar-refractivity contribution < 1.29 is 33.8 Å². The van der Waals surface area contributed by atoms with Crippen LogP contribution in [0, 0.1) is 0 Å². The number of hydrogen-bond acceptors (Lipinski definition) is 6. The fourth-order valence-electron chi connectivity index (χ4n) is 2.62. The number of rotatable bonds is 4. The third kappa shape index (κ3) is 7.61. The van der Waals surface area contributed by atoms with Crippen molar-refractivity contribution in [1.82, 2.24) is 15.1 Å². The normalized spacial score (nSPS) is 19.8. The smallest absolute Gasteiger partial charge is 0.410 e. The van der Waals surface area contributed by atoms with Gasteiger partial charge in [-0.25, -0.2) is 14.4 Å². The van der Waals surface area contributed by atoms with Gasteiger partial charge in [0.2, 0.25) is 5.91 Å². The molecule has 10 heteroatoms. The maximum absolute atomic E-state index is 12.6. The Morgan fingerprint density at radius 1 is 1.07 bits per heavy atom. The molecule has 2 atom stereocenters. The summed E-state index contributed by atoms with van der Waals surface area (Å²) in [4.78, 5) is 50.3. The molecule has 0 unspecified atom stereocenters. The number of likely N-dealkylation sites (N-methyl/N-ethyl adjacent to an activating group) is 1. The van der Waals surface area contributed by atoms with Gasteiger partial charge in [-0.1, -0.05) is 0 Å². The van der Waals surface area contributed by atoms with Gasteiger partial charge >= 0.3 is 18.2 Å². The third-order valence-electron chi connectivity index (χ3n) is 3.70. The van der Waals surface area contributed by atoms with E-state index in [-0.39, 0.29) is 19.5 Å². The molecule has 160 valence electrons. The maximum Gasteiger partial charge on any atom is 0.410 e. The minimum atomic E-state index is -1.18. The fourth-order valence-corrected chi connectivity index (χ4v) is 2.62. The van der Waals surface area contributed by atoms with Gasteiger partial charge in [-0.2, -0.15) is 0 Å². The Morgan fingerprint density at radius 2 is 1.61 bits per heavy atom. The highest BCUT2D eigenvalue weighted by Crippen LogP contribution is 2.20. The van der Waals surface area contributed by atoms with Crippen molar-refractivity contribution in [2.75, 3.05) is 20.1 Å². The number of carboxylic acids is 1. The number of carbonyl (C=O) groups is 4.